The van der Waals surface area contributed by atoms with Crippen LogP contribution in [0.25, 0.3) is 6.20 Å². The first-order valence-corrected chi connectivity index (χ1v) is 6.89. The lowest BCUT2D eigenvalue weighted by Gasteiger charge is -2.27. The van der Waals surface area contributed by atoms with E-state index in [1.807, 2.05) is 16.7 Å². The number of aromatic nitrogens is 1. The molecule has 0 bridgehead atoms. The van der Waals surface area contributed by atoms with Crippen molar-refractivity contribution in [1.82, 2.24) is 9.47 Å². The van der Waals surface area contributed by atoms with Crippen molar-refractivity contribution >= 4 is 12.5 Å². The van der Waals surface area contributed by atoms with Gasteiger partial charge in [0.15, 0.2) is 6.29 Å². The summed E-state index contributed by atoms with van der Waals surface area (Å²) < 4.78 is 1.92. The van der Waals surface area contributed by atoms with Crippen LogP contribution in [0.1, 0.15) is 27.3 Å². The molecule has 2 aromatic rings. The molecular weight excluding hydrogens is 248 g/mol. The van der Waals surface area contributed by atoms with Crippen LogP contribution in [0.15, 0.2) is 43.0 Å². The normalized spacial score (nSPS) is 14.8. The molecule has 1 aliphatic heterocycles. The van der Waals surface area contributed by atoms with Crippen molar-refractivity contribution in [3.63, 3.8) is 0 Å². The average molecular weight is 266 g/mol. The van der Waals surface area contributed by atoms with Gasteiger partial charge in [0.25, 0.3) is 0 Å². The first kappa shape index (κ1) is 12.9. The summed E-state index contributed by atoms with van der Waals surface area (Å²) in [5, 5.41) is 0. The van der Waals surface area contributed by atoms with Gasteiger partial charge in [-0.1, -0.05) is 36.9 Å². The molecule has 0 spiro atoms. The maximum absolute atomic E-state index is 11.1. The highest BCUT2D eigenvalue weighted by atomic mass is 16.1. The van der Waals surface area contributed by atoms with Crippen LogP contribution in [0.5, 0.6) is 0 Å². The standard InChI is InChI=1S/C17H18N2O/c1-2-19-16(13-20)10-15-12-18(9-8-17(15)19)11-14-6-4-3-5-7-14/h2-7,10,13H,1,8-9,11-12H2. The van der Waals surface area contributed by atoms with E-state index in [1.54, 1.807) is 6.20 Å². The predicted octanol–water partition coefficient (Wildman–Crippen LogP) is 2.96. The molecule has 0 fully saturated rings. The second-order valence-electron chi connectivity index (χ2n) is 5.16. The van der Waals surface area contributed by atoms with E-state index in [-0.39, 0.29) is 0 Å². The second kappa shape index (κ2) is 5.47. The molecule has 3 rings (SSSR count). The maximum Gasteiger partial charge on any atom is 0.166 e. The van der Waals surface area contributed by atoms with Gasteiger partial charge in [0.1, 0.15) is 0 Å². The van der Waals surface area contributed by atoms with E-state index < -0.39 is 0 Å². The van der Waals surface area contributed by atoms with Gasteiger partial charge < -0.3 is 4.57 Å². The van der Waals surface area contributed by atoms with Crippen molar-refractivity contribution in [1.29, 1.82) is 0 Å². The van der Waals surface area contributed by atoms with E-state index in [0.717, 1.165) is 32.3 Å². The van der Waals surface area contributed by atoms with Crippen LogP contribution in [0, 0.1) is 0 Å². The van der Waals surface area contributed by atoms with E-state index in [4.69, 9.17) is 0 Å². The minimum atomic E-state index is 0.701. The van der Waals surface area contributed by atoms with Gasteiger partial charge in [-0.15, -0.1) is 0 Å². The lowest BCUT2D eigenvalue weighted by molar-refractivity contribution is 0.111. The molecule has 0 saturated carbocycles. The smallest absolute Gasteiger partial charge is 0.166 e. The number of fused-ring (bicyclic) bond motifs is 1. The molecule has 102 valence electrons. The third-order valence-electron chi connectivity index (χ3n) is 3.87. The number of rotatable bonds is 4. The van der Waals surface area contributed by atoms with Crippen LogP contribution < -0.4 is 0 Å². The number of carbonyl (C=O) groups is 1. The first-order chi connectivity index (χ1) is 9.81. The largest absolute Gasteiger partial charge is 0.318 e. The van der Waals surface area contributed by atoms with Crippen LogP contribution in [-0.2, 0) is 19.5 Å². The maximum atomic E-state index is 11.1. The van der Waals surface area contributed by atoms with Crippen molar-refractivity contribution in [3.8, 4) is 0 Å². The zero-order chi connectivity index (χ0) is 13.9. The fourth-order valence-electron chi connectivity index (χ4n) is 2.93. The Hall–Kier alpha value is -2.13. The summed E-state index contributed by atoms with van der Waals surface area (Å²) in [6, 6.07) is 12.5. The summed E-state index contributed by atoms with van der Waals surface area (Å²) in [4.78, 5) is 13.5. The molecule has 0 atom stereocenters. The fourth-order valence-corrected chi connectivity index (χ4v) is 2.93. The highest BCUT2D eigenvalue weighted by Gasteiger charge is 2.21. The Kier molecular flexibility index (Phi) is 3.52. The van der Waals surface area contributed by atoms with E-state index in [9.17, 15) is 4.79 Å². The van der Waals surface area contributed by atoms with Gasteiger partial charge in [0.2, 0.25) is 0 Å². The van der Waals surface area contributed by atoms with Gasteiger partial charge in [-0.2, -0.15) is 0 Å². The number of hydrogen-bond donors (Lipinski definition) is 0. The Morgan fingerprint density at radius 2 is 2.05 bits per heavy atom. The molecule has 1 aromatic carbocycles. The second-order valence-corrected chi connectivity index (χ2v) is 5.16. The van der Waals surface area contributed by atoms with Crippen molar-refractivity contribution < 1.29 is 4.79 Å². The fraction of sp³-hybridized carbons (Fsp3) is 0.235. The van der Waals surface area contributed by atoms with Crippen molar-refractivity contribution in [3.05, 3.63) is 65.5 Å². The SMILES string of the molecule is C=Cn1c(C=O)cc2c1CCN(Cc1ccccc1)C2. The van der Waals surface area contributed by atoms with Crippen molar-refractivity contribution in [2.45, 2.75) is 19.5 Å². The Balaban J connectivity index is 1.80. The summed E-state index contributed by atoms with van der Waals surface area (Å²) in [7, 11) is 0. The molecule has 3 heteroatoms. The molecule has 0 N–H and O–H groups in total. The Morgan fingerprint density at radius 3 is 2.75 bits per heavy atom. The van der Waals surface area contributed by atoms with E-state index >= 15 is 0 Å². The van der Waals surface area contributed by atoms with Crippen LogP contribution in [0.3, 0.4) is 0 Å². The highest BCUT2D eigenvalue weighted by molar-refractivity contribution is 5.75. The third kappa shape index (κ3) is 2.32. The molecule has 0 saturated heterocycles. The summed E-state index contributed by atoms with van der Waals surface area (Å²) in [6.07, 6.45) is 3.60. The number of aldehydes is 1. The molecule has 3 nitrogen and oxygen atoms in total. The zero-order valence-corrected chi connectivity index (χ0v) is 11.5. The van der Waals surface area contributed by atoms with Crippen LogP contribution >= 0.6 is 0 Å². The minimum absolute atomic E-state index is 0.701. The highest BCUT2D eigenvalue weighted by Crippen LogP contribution is 2.24. The molecule has 1 aromatic heterocycles. The van der Waals surface area contributed by atoms with Crippen LogP contribution in [0.4, 0.5) is 0 Å². The van der Waals surface area contributed by atoms with Gasteiger partial charge >= 0.3 is 0 Å². The molecule has 0 radical (unpaired) electrons. The number of nitrogens with zero attached hydrogens (tertiary/aromatic N) is 2. The number of benzene rings is 1. The van der Waals surface area contributed by atoms with Gasteiger partial charge in [0, 0.05) is 37.9 Å². The first-order valence-electron chi connectivity index (χ1n) is 6.89. The summed E-state index contributed by atoms with van der Waals surface area (Å²) in [5.41, 5.74) is 4.50. The lowest BCUT2D eigenvalue weighted by Crippen LogP contribution is -2.30. The minimum Gasteiger partial charge on any atom is -0.318 e. The van der Waals surface area contributed by atoms with Crippen LogP contribution in [-0.4, -0.2) is 22.3 Å². The van der Waals surface area contributed by atoms with Gasteiger partial charge in [0.05, 0.1) is 5.69 Å². The quantitative estimate of drug-likeness (QED) is 0.795. The average Bonchev–Trinajstić information content (AvgIpc) is 2.85. The number of hydrogen-bond acceptors (Lipinski definition) is 2. The van der Waals surface area contributed by atoms with Crippen molar-refractivity contribution in [2.24, 2.45) is 0 Å². The molecule has 0 amide bonds. The molecule has 1 aliphatic rings. The Morgan fingerprint density at radius 1 is 1.25 bits per heavy atom. The predicted molar refractivity (Wildman–Crippen MR) is 80.5 cm³/mol. The van der Waals surface area contributed by atoms with E-state index in [0.29, 0.717) is 5.69 Å². The monoisotopic (exact) mass is 266 g/mol. The Labute approximate surface area is 119 Å². The molecule has 0 unspecified atom stereocenters. The van der Waals surface area contributed by atoms with Gasteiger partial charge in [-0.05, 0) is 17.2 Å². The van der Waals surface area contributed by atoms with Gasteiger partial charge in [-0.3, -0.25) is 9.69 Å². The molecular formula is C17H18N2O. The summed E-state index contributed by atoms with van der Waals surface area (Å²) in [6.45, 7) is 6.66. The number of carbonyl (C=O) groups excluding carboxylic acids is 1. The van der Waals surface area contributed by atoms with Crippen molar-refractivity contribution in [2.75, 3.05) is 6.54 Å². The Bertz CT molecular complexity index is 628. The molecule has 0 aliphatic carbocycles. The van der Waals surface area contributed by atoms with Crippen LogP contribution in [0.2, 0.25) is 0 Å². The molecule has 2 heterocycles. The zero-order valence-electron chi connectivity index (χ0n) is 11.5. The lowest BCUT2D eigenvalue weighted by atomic mass is 10.1. The molecule has 20 heavy (non-hydrogen) atoms. The topological polar surface area (TPSA) is 25.2 Å². The third-order valence-corrected chi connectivity index (χ3v) is 3.87. The van der Waals surface area contributed by atoms with Gasteiger partial charge in [-0.25, -0.2) is 0 Å². The summed E-state index contributed by atoms with van der Waals surface area (Å²) in [5.74, 6) is 0. The van der Waals surface area contributed by atoms with E-state index in [2.05, 4.69) is 35.7 Å². The summed E-state index contributed by atoms with van der Waals surface area (Å²) >= 11 is 0. The van der Waals surface area contributed by atoms with E-state index in [1.165, 1.54) is 16.8 Å².